The Labute approximate surface area is 193 Å². The highest BCUT2D eigenvalue weighted by Crippen LogP contribution is 2.41. The molecule has 2 saturated heterocycles. The molecule has 0 spiro atoms. The predicted octanol–water partition coefficient (Wildman–Crippen LogP) is 2.95. The van der Waals surface area contributed by atoms with Gasteiger partial charge in [-0.2, -0.15) is 10.2 Å². The number of aliphatic hydroxyl groups is 1. The standard InChI is InChI=1S/C21H22Cl2N8O/c1-8-21(31-9-3-6-13(31)18(32)11(24)7-9)26-20-17(25-8)16(27-28-20)10-4-5-12-14(15(10)22)19(23)30(2)29-12/h4-5,9,11,13,18,32H,3,6-7,24H2,1-2H3,(H,26,27,28). The molecule has 4 N–H and O–H groups in total. The highest BCUT2D eigenvalue weighted by molar-refractivity contribution is 6.43. The lowest BCUT2D eigenvalue weighted by Gasteiger charge is -2.42. The maximum Gasteiger partial charge on any atom is 0.202 e. The first-order valence-electron chi connectivity index (χ1n) is 10.6. The molecule has 4 atom stereocenters. The Balaban J connectivity index is 1.47. The molecule has 0 saturated carbocycles. The normalized spacial score (nSPS) is 25.4. The van der Waals surface area contributed by atoms with Crippen LogP contribution in [0.1, 0.15) is 25.0 Å². The molecule has 4 unspecified atom stereocenters. The van der Waals surface area contributed by atoms with Gasteiger partial charge in [-0.05, 0) is 38.3 Å². The number of hydrogen-bond donors (Lipinski definition) is 3. The lowest BCUT2D eigenvalue weighted by molar-refractivity contribution is 0.0980. The maximum absolute atomic E-state index is 10.6. The van der Waals surface area contributed by atoms with E-state index in [2.05, 4.69) is 20.2 Å². The topological polar surface area (TPSA) is 122 Å². The van der Waals surface area contributed by atoms with Gasteiger partial charge in [0.25, 0.3) is 0 Å². The largest absolute Gasteiger partial charge is 0.389 e. The van der Waals surface area contributed by atoms with E-state index in [4.69, 9.17) is 38.9 Å². The number of fused-ring (bicyclic) bond motifs is 4. The summed E-state index contributed by atoms with van der Waals surface area (Å²) in [6.45, 7) is 1.93. The molecule has 0 aliphatic carbocycles. The Morgan fingerprint density at radius 2 is 2.03 bits per heavy atom. The van der Waals surface area contributed by atoms with Crippen LogP contribution in [0.3, 0.4) is 0 Å². The van der Waals surface area contributed by atoms with E-state index in [9.17, 15) is 5.11 Å². The lowest BCUT2D eigenvalue weighted by Crippen LogP contribution is -2.57. The zero-order valence-electron chi connectivity index (χ0n) is 17.5. The van der Waals surface area contributed by atoms with Crippen LogP contribution >= 0.6 is 23.2 Å². The molecule has 0 amide bonds. The van der Waals surface area contributed by atoms with Crippen LogP contribution < -0.4 is 10.6 Å². The molecule has 11 heteroatoms. The van der Waals surface area contributed by atoms with Gasteiger partial charge in [0.2, 0.25) is 5.65 Å². The third kappa shape index (κ3) is 2.71. The number of nitrogens with one attached hydrogen (secondary N) is 1. The second kappa shape index (κ2) is 7.02. The third-order valence-electron chi connectivity index (χ3n) is 6.84. The maximum atomic E-state index is 10.6. The number of H-pyrrole nitrogens is 1. The first-order chi connectivity index (χ1) is 15.3. The van der Waals surface area contributed by atoms with Gasteiger partial charge < -0.3 is 15.7 Å². The fraction of sp³-hybridized carbons (Fsp3) is 0.429. The summed E-state index contributed by atoms with van der Waals surface area (Å²) in [5.41, 5.74) is 10.2. The van der Waals surface area contributed by atoms with Crippen molar-refractivity contribution in [2.24, 2.45) is 12.8 Å². The zero-order valence-corrected chi connectivity index (χ0v) is 19.1. The van der Waals surface area contributed by atoms with Crippen LogP contribution in [0.5, 0.6) is 0 Å². The SMILES string of the molecule is Cc1nc2c(-c3ccc4nn(C)c(Cl)c4c3Cl)[nH]nc2nc1N1C2CCC1C(O)C(N)C2. The Bertz CT molecular complexity index is 1380. The van der Waals surface area contributed by atoms with Gasteiger partial charge >= 0.3 is 0 Å². The molecule has 0 radical (unpaired) electrons. The smallest absolute Gasteiger partial charge is 0.202 e. The number of aryl methyl sites for hydroxylation is 2. The number of aliphatic hydroxyl groups excluding tert-OH is 1. The third-order valence-corrected chi connectivity index (χ3v) is 7.67. The Morgan fingerprint density at radius 1 is 1.22 bits per heavy atom. The van der Waals surface area contributed by atoms with E-state index in [0.717, 1.165) is 41.9 Å². The quantitative estimate of drug-likeness (QED) is 0.409. The number of nitrogens with two attached hydrogens (primary N) is 1. The molecule has 2 fully saturated rings. The molecular weight excluding hydrogens is 451 g/mol. The minimum atomic E-state index is -0.574. The van der Waals surface area contributed by atoms with Crippen LogP contribution in [-0.2, 0) is 7.05 Å². The number of halogens is 2. The van der Waals surface area contributed by atoms with Crippen LogP contribution in [0.25, 0.3) is 33.3 Å². The highest BCUT2D eigenvalue weighted by Gasteiger charge is 2.46. The number of hydrogen-bond acceptors (Lipinski definition) is 7. The van der Waals surface area contributed by atoms with E-state index >= 15 is 0 Å². The molecule has 2 aliphatic heterocycles. The zero-order chi connectivity index (χ0) is 22.3. The van der Waals surface area contributed by atoms with Crippen molar-refractivity contribution in [2.45, 2.75) is 50.4 Å². The Hall–Kier alpha value is -2.46. The van der Waals surface area contributed by atoms with Crippen LogP contribution in [-0.4, -0.2) is 59.3 Å². The number of aromatic nitrogens is 6. The van der Waals surface area contributed by atoms with Crippen LogP contribution in [0.2, 0.25) is 10.2 Å². The number of anilines is 1. The van der Waals surface area contributed by atoms with Crippen LogP contribution in [0.4, 0.5) is 5.82 Å². The fourth-order valence-electron chi connectivity index (χ4n) is 5.30. The second-order valence-corrected chi connectivity index (χ2v) is 9.47. The van der Waals surface area contributed by atoms with Crippen molar-refractivity contribution >= 4 is 51.1 Å². The van der Waals surface area contributed by atoms with E-state index < -0.39 is 6.10 Å². The Morgan fingerprint density at radius 3 is 2.84 bits per heavy atom. The molecule has 2 bridgehead atoms. The summed E-state index contributed by atoms with van der Waals surface area (Å²) < 4.78 is 1.59. The summed E-state index contributed by atoms with van der Waals surface area (Å²) in [4.78, 5) is 11.9. The summed E-state index contributed by atoms with van der Waals surface area (Å²) in [6.07, 6.45) is 2.05. The molecule has 1 aromatic carbocycles. The first kappa shape index (κ1) is 20.2. The van der Waals surface area contributed by atoms with Crippen molar-refractivity contribution in [1.29, 1.82) is 0 Å². The van der Waals surface area contributed by atoms with Gasteiger partial charge in [0.1, 0.15) is 10.7 Å². The molecule has 5 heterocycles. The van der Waals surface area contributed by atoms with Crippen molar-refractivity contribution < 1.29 is 5.11 Å². The summed E-state index contributed by atoms with van der Waals surface area (Å²) in [5, 5.41) is 24.1. The first-order valence-corrected chi connectivity index (χ1v) is 11.4. The molecule has 6 rings (SSSR count). The number of benzene rings is 1. The van der Waals surface area contributed by atoms with Crippen molar-refractivity contribution in [3.8, 4) is 11.3 Å². The number of piperidine rings is 1. The van der Waals surface area contributed by atoms with Gasteiger partial charge in [-0.3, -0.25) is 9.78 Å². The minimum absolute atomic E-state index is 0.0443. The molecule has 4 aromatic rings. The summed E-state index contributed by atoms with van der Waals surface area (Å²) in [5.74, 6) is 0.755. The van der Waals surface area contributed by atoms with E-state index in [1.807, 2.05) is 19.1 Å². The van der Waals surface area contributed by atoms with Gasteiger partial charge in [0.15, 0.2) is 5.82 Å². The van der Waals surface area contributed by atoms with Crippen molar-refractivity contribution in [1.82, 2.24) is 29.9 Å². The molecule has 166 valence electrons. The fourth-order valence-corrected chi connectivity index (χ4v) is 5.92. The van der Waals surface area contributed by atoms with Gasteiger partial charge in [-0.25, -0.2) is 9.97 Å². The molecular formula is C21H22Cl2N8O. The molecule has 32 heavy (non-hydrogen) atoms. The number of aromatic amines is 1. The van der Waals surface area contributed by atoms with Gasteiger partial charge in [-0.1, -0.05) is 23.2 Å². The average molecular weight is 473 g/mol. The molecule has 2 aliphatic rings. The van der Waals surface area contributed by atoms with Gasteiger partial charge in [0.05, 0.1) is 39.5 Å². The van der Waals surface area contributed by atoms with Crippen molar-refractivity contribution in [3.63, 3.8) is 0 Å². The van der Waals surface area contributed by atoms with E-state index in [-0.39, 0.29) is 18.1 Å². The van der Waals surface area contributed by atoms with E-state index in [1.54, 1.807) is 11.7 Å². The van der Waals surface area contributed by atoms with Crippen molar-refractivity contribution in [2.75, 3.05) is 4.90 Å². The number of nitrogens with zero attached hydrogens (tertiary/aromatic N) is 6. The highest BCUT2D eigenvalue weighted by atomic mass is 35.5. The molecule has 9 nitrogen and oxygen atoms in total. The lowest BCUT2D eigenvalue weighted by atomic mass is 9.95. The molecule has 3 aromatic heterocycles. The van der Waals surface area contributed by atoms with Crippen LogP contribution in [0, 0.1) is 6.92 Å². The number of rotatable bonds is 2. The van der Waals surface area contributed by atoms with Crippen LogP contribution in [0.15, 0.2) is 12.1 Å². The van der Waals surface area contributed by atoms with E-state index in [0.29, 0.717) is 32.4 Å². The van der Waals surface area contributed by atoms with Crippen molar-refractivity contribution in [3.05, 3.63) is 28.0 Å². The summed E-state index contributed by atoms with van der Waals surface area (Å²) in [6, 6.07) is 3.77. The average Bonchev–Trinajstić information content (AvgIpc) is 3.40. The summed E-state index contributed by atoms with van der Waals surface area (Å²) in [7, 11) is 1.78. The minimum Gasteiger partial charge on any atom is -0.389 e. The predicted molar refractivity (Wildman–Crippen MR) is 124 cm³/mol. The monoisotopic (exact) mass is 472 g/mol. The Kier molecular flexibility index (Phi) is 4.42. The second-order valence-electron chi connectivity index (χ2n) is 8.74. The van der Waals surface area contributed by atoms with Gasteiger partial charge in [-0.15, -0.1) is 0 Å². The van der Waals surface area contributed by atoms with E-state index in [1.165, 1.54) is 0 Å². The van der Waals surface area contributed by atoms with Gasteiger partial charge in [0, 0.05) is 24.7 Å². The summed E-state index contributed by atoms with van der Waals surface area (Å²) >= 11 is 13.2.